The zero-order chi connectivity index (χ0) is 14.7. The molecule has 106 valence electrons. The number of anilines is 1. The summed E-state index contributed by atoms with van der Waals surface area (Å²) in [5.41, 5.74) is 0.778. The molecular formula is C13H12N6O2. The van der Waals surface area contributed by atoms with E-state index in [2.05, 4.69) is 25.5 Å². The Morgan fingerprint density at radius 3 is 2.95 bits per heavy atom. The average Bonchev–Trinajstić information content (AvgIpc) is 3.00. The lowest BCUT2D eigenvalue weighted by atomic mass is 10.2. The summed E-state index contributed by atoms with van der Waals surface area (Å²) >= 11 is 0. The lowest BCUT2D eigenvalue weighted by Crippen LogP contribution is -2.07. The fourth-order valence-electron chi connectivity index (χ4n) is 1.99. The molecule has 0 amide bonds. The number of nitro groups is 1. The van der Waals surface area contributed by atoms with Gasteiger partial charge >= 0.3 is 0 Å². The Balaban J connectivity index is 1.72. The molecule has 8 nitrogen and oxygen atoms in total. The fourth-order valence-corrected chi connectivity index (χ4v) is 1.99. The van der Waals surface area contributed by atoms with Crippen LogP contribution in [0.3, 0.4) is 0 Å². The maximum Gasteiger partial charge on any atom is 0.270 e. The molecular weight excluding hydrogens is 272 g/mol. The summed E-state index contributed by atoms with van der Waals surface area (Å²) in [4.78, 5) is 18.8. The van der Waals surface area contributed by atoms with Gasteiger partial charge in [0.25, 0.3) is 5.69 Å². The Labute approximate surface area is 119 Å². The highest BCUT2D eigenvalue weighted by molar-refractivity contribution is 5.82. The molecule has 0 spiro atoms. The number of fused-ring (bicyclic) bond motifs is 1. The van der Waals surface area contributed by atoms with Crippen LogP contribution in [-0.2, 0) is 6.42 Å². The van der Waals surface area contributed by atoms with Gasteiger partial charge in [0, 0.05) is 30.5 Å². The number of benzene rings is 1. The van der Waals surface area contributed by atoms with Gasteiger partial charge in [0.2, 0.25) is 0 Å². The van der Waals surface area contributed by atoms with Gasteiger partial charge in [0.05, 0.1) is 10.4 Å². The maximum atomic E-state index is 10.7. The van der Waals surface area contributed by atoms with Crippen molar-refractivity contribution in [2.75, 3.05) is 11.9 Å². The van der Waals surface area contributed by atoms with Crippen LogP contribution in [0.4, 0.5) is 11.5 Å². The standard InChI is InChI=1S/C13H12N6O2/c20-19(21)10-2-3-11-9(7-10)1-4-12(17-11)14-6-5-13-15-8-16-18-13/h1-4,7-8H,5-6H2,(H,14,17)(H,15,16,18). The van der Waals surface area contributed by atoms with Crippen molar-refractivity contribution in [3.8, 4) is 0 Å². The number of rotatable bonds is 5. The largest absolute Gasteiger partial charge is 0.370 e. The normalized spacial score (nSPS) is 10.7. The minimum Gasteiger partial charge on any atom is -0.370 e. The van der Waals surface area contributed by atoms with Gasteiger partial charge in [-0.05, 0) is 18.2 Å². The second kappa shape index (κ2) is 5.53. The smallest absolute Gasteiger partial charge is 0.270 e. The number of aromatic amines is 1. The molecule has 2 heterocycles. The maximum absolute atomic E-state index is 10.7. The molecule has 2 N–H and O–H groups in total. The number of aromatic nitrogens is 4. The molecule has 0 aliphatic rings. The molecule has 0 unspecified atom stereocenters. The first-order valence-corrected chi connectivity index (χ1v) is 6.36. The molecule has 0 aliphatic heterocycles. The number of nitro benzene ring substituents is 1. The van der Waals surface area contributed by atoms with Crippen LogP contribution in [0.2, 0.25) is 0 Å². The third-order valence-corrected chi connectivity index (χ3v) is 3.02. The Morgan fingerprint density at radius 1 is 1.29 bits per heavy atom. The van der Waals surface area contributed by atoms with Crippen LogP contribution in [0.15, 0.2) is 36.7 Å². The van der Waals surface area contributed by atoms with Gasteiger partial charge in [0.15, 0.2) is 0 Å². The number of nitrogens with zero attached hydrogens (tertiary/aromatic N) is 4. The molecule has 0 fully saturated rings. The zero-order valence-electron chi connectivity index (χ0n) is 11.0. The van der Waals surface area contributed by atoms with Gasteiger partial charge in [-0.15, -0.1) is 0 Å². The van der Waals surface area contributed by atoms with Crippen LogP contribution in [0.25, 0.3) is 10.9 Å². The molecule has 0 atom stereocenters. The van der Waals surface area contributed by atoms with Crippen molar-refractivity contribution >= 4 is 22.4 Å². The van der Waals surface area contributed by atoms with Crippen molar-refractivity contribution in [3.05, 3.63) is 52.6 Å². The molecule has 0 bridgehead atoms. The number of pyridine rings is 1. The summed E-state index contributed by atoms with van der Waals surface area (Å²) in [6.45, 7) is 0.667. The predicted molar refractivity (Wildman–Crippen MR) is 77.0 cm³/mol. The van der Waals surface area contributed by atoms with E-state index in [1.165, 1.54) is 18.5 Å². The third-order valence-electron chi connectivity index (χ3n) is 3.02. The van der Waals surface area contributed by atoms with Gasteiger partial charge in [-0.2, -0.15) is 5.10 Å². The highest BCUT2D eigenvalue weighted by Crippen LogP contribution is 2.20. The Morgan fingerprint density at radius 2 is 2.19 bits per heavy atom. The van der Waals surface area contributed by atoms with E-state index in [0.29, 0.717) is 18.5 Å². The van der Waals surface area contributed by atoms with E-state index < -0.39 is 4.92 Å². The van der Waals surface area contributed by atoms with Gasteiger partial charge in [-0.25, -0.2) is 9.97 Å². The molecule has 1 aromatic carbocycles. The number of non-ortho nitro benzene ring substituents is 1. The van der Waals surface area contributed by atoms with E-state index in [4.69, 9.17) is 0 Å². The highest BCUT2D eigenvalue weighted by atomic mass is 16.6. The SMILES string of the molecule is O=[N+]([O-])c1ccc2nc(NCCc3ncn[nH]3)ccc2c1. The molecule has 0 saturated heterocycles. The van der Waals surface area contributed by atoms with Gasteiger partial charge in [-0.1, -0.05) is 0 Å². The minimum absolute atomic E-state index is 0.0651. The molecule has 0 aliphatic carbocycles. The van der Waals surface area contributed by atoms with Crippen molar-refractivity contribution in [3.63, 3.8) is 0 Å². The lowest BCUT2D eigenvalue weighted by Gasteiger charge is -2.05. The van der Waals surface area contributed by atoms with Gasteiger partial charge in [-0.3, -0.25) is 15.2 Å². The van der Waals surface area contributed by atoms with Gasteiger partial charge < -0.3 is 5.32 Å². The molecule has 0 radical (unpaired) electrons. The number of hydrogen-bond donors (Lipinski definition) is 2. The molecule has 8 heteroatoms. The van der Waals surface area contributed by atoms with Crippen LogP contribution in [0.1, 0.15) is 5.82 Å². The average molecular weight is 284 g/mol. The second-order valence-corrected chi connectivity index (χ2v) is 4.44. The van der Waals surface area contributed by atoms with Crippen molar-refractivity contribution in [2.24, 2.45) is 0 Å². The second-order valence-electron chi connectivity index (χ2n) is 4.44. The van der Waals surface area contributed by atoms with Gasteiger partial charge in [0.1, 0.15) is 18.0 Å². The number of nitrogens with one attached hydrogen (secondary N) is 2. The number of H-pyrrole nitrogens is 1. The van der Waals surface area contributed by atoms with E-state index >= 15 is 0 Å². The third kappa shape index (κ3) is 2.94. The Hall–Kier alpha value is -3.03. The molecule has 3 rings (SSSR count). The van der Waals surface area contributed by atoms with Crippen molar-refractivity contribution in [1.82, 2.24) is 20.2 Å². The summed E-state index contributed by atoms with van der Waals surface area (Å²) < 4.78 is 0. The van der Waals surface area contributed by atoms with Crippen LogP contribution in [0.5, 0.6) is 0 Å². The van der Waals surface area contributed by atoms with E-state index in [1.54, 1.807) is 12.1 Å². The topological polar surface area (TPSA) is 110 Å². The van der Waals surface area contributed by atoms with E-state index in [9.17, 15) is 10.1 Å². The Kier molecular flexibility index (Phi) is 3.42. The van der Waals surface area contributed by atoms with Crippen LogP contribution in [-0.4, -0.2) is 31.6 Å². The first-order chi connectivity index (χ1) is 10.2. The summed E-state index contributed by atoms with van der Waals surface area (Å²) in [5, 5.41) is 21.2. The van der Waals surface area contributed by atoms with Crippen molar-refractivity contribution in [2.45, 2.75) is 6.42 Å². The molecule has 2 aromatic heterocycles. The summed E-state index contributed by atoms with van der Waals surface area (Å²) in [5.74, 6) is 1.52. The van der Waals surface area contributed by atoms with E-state index in [-0.39, 0.29) is 5.69 Å². The minimum atomic E-state index is -0.414. The van der Waals surface area contributed by atoms with E-state index in [1.807, 2.05) is 6.07 Å². The summed E-state index contributed by atoms with van der Waals surface area (Å²) in [7, 11) is 0. The van der Waals surface area contributed by atoms with Crippen LogP contribution in [0, 0.1) is 10.1 Å². The monoisotopic (exact) mass is 284 g/mol. The Bertz CT molecular complexity index is 771. The molecule has 3 aromatic rings. The van der Waals surface area contributed by atoms with Crippen molar-refractivity contribution in [1.29, 1.82) is 0 Å². The first-order valence-electron chi connectivity index (χ1n) is 6.36. The zero-order valence-corrected chi connectivity index (χ0v) is 11.0. The lowest BCUT2D eigenvalue weighted by molar-refractivity contribution is -0.384. The highest BCUT2D eigenvalue weighted by Gasteiger charge is 2.07. The predicted octanol–water partition coefficient (Wildman–Crippen LogP) is 1.92. The first kappa shape index (κ1) is 13.0. The number of hydrogen-bond acceptors (Lipinski definition) is 6. The molecule has 21 heavy (non-hydrogen) atoms. The molecule has 0 saturated carbocycles. The summed E-state index contributed by atoms with van der Waals surface area (Å²) in [6, 6.07) is 8.22. The summed E-state index contributed by atoms with van der Waals surface area (Å²) in [6.07, 6.45) is 2.18. The quantitative estimate of drug-likeness (QED) is 0.547. The van der Waals surface area contributed by atoms with Crippen molar-refractivity contribution < 1.29 is 4.92 Å². The fraction of sp³-hybridized carbons (Fsp3) is 0.154. The van der Waals surface area contributed by atoms with E-state index in [0.717, 1.165) is 17.0 Å². The van der Waals surface area contributed by atoms with Crippen LogP contribution >= 0.6 is 0 Å². The van der Waals surface area contributed by atoms with Crippen LogP contribution < -0.4 is 5.32 Å².